The maximum absolute atomic E-state index is 12.9. The fourth-order valence-electron chi connectivity index (χ4n) is 3.29. The molecular weight excluding hydrogens is 288 g/mol. The molecule has 1 N–H and O–H groups in total. The molecule has 1 heterocycles. The van der Waals surface area contributed by atoms with Crippen molar-refractivity contribution in [3.05, 3.63) is 28.8 Å². The number of carbonyl (C=O) groups excluding carboxylic acids is 2. The van der Waals surface area contributed by atoms with Crippen molar-refractivity contribution in [2.75, 3.05) is 11.4 Å². The van der Waals surface area contributed by atoms with E-state index in [2.05, 4.69) is 5.32 Å². The monoisotopic (exact) mass is 306 g/mol. The van der Waals surface area contributed by atoms with E-state index in [1.54, 1.807) is 11.0 Å². The average molecular weight is 307 g/mol. The third kappa shape index (κ3) is 2.53. The van der Waals surface area contributed by atoms with E-state index in [9.17, 15) is 9.59 Å². The lowest BCUT2D eigenvalue weighted by Gasteiger charge is -2.44. The Kier molecular flexibility index (Phi) is 3.66. The molecule has 112 valence electrons. The molecule has 1 aromatic rings. The molecule has 1 aromatic carbocycles. The van der Waals surface area contributed by atoms with Crippen molar-refractivity contribution < 1.29 is 9.59 Å². The highest BCUT2D eigenvalue weighted by Gasteiger charge is 2.47. The van der Waals surface area contributed by atoms with E-state index in [1.807, 2.05) is 19.1 Å². The van der Waals surface area contributed by atoms with Gasteiger partial charge in [0.2, 0.25) is 5.91 Å². The van der Waals surface area contributed by atoms with Gasteiger partial charge in [-0.1, -0.05) is 36.9 Å². The van der Waals surface area contributed by atoms with Gasteiger partial charge in [-0.3, -0.25) is 9.59 Å². The van der Waals surface area contributed by atoms with E-state index in [-0.39, 0.29) is 18.4 Å². The summed E-state index contributed by atoms with van der Waals surface area (Å²) in [5.41, 5.74) is 0.961. The fourth-order valence-corrected chi connectivity index (χ4v) is 3.46. The molecule has 2 aliphatic rings. The lowest BCUT2D eigenvalue weighted by molar-refractivity contribution is -0.137. The molecule has 2 fully saturated rings. The Balaban J connectivity index is 1.95. The zero-order chi connectivity index (χ0) is 15.0. The van der Waals surface area contributed by atoms with Crippen molar-refractivity contribution >= 4 is 29.1 Å². The van der Waals surface area contributed by atoms with Gasteiger partial charge in [0.15, 0.2) is 0 Å². The predicted molar refractivity (Wildman–Crippen MR) is 82.5 cm³/mol. The summed E-state index contributed by atoms with van der Waals surface area (Å²) in [6.07, 6.45) is 4.55. The summed E-state index contributed by atoms with van der Waals surface area (Å²) in [5.74, 6) is -0.0880. The van der Waals surface area contributed by atoms with Gasteiger partial charge in [-0.05, 0) is 37.5 Å². The summed E-state index contributed by atoms with van der Waals surface area (Å²) in [6.45, 7) is 1.99. The Morgan fingerprint density at radius 2 is 1.90 bits per heavy atom. The number of aryl methyl sites for hydroxylation is 1. The zero-order valence-corrected chi connectivity index (χ0v) is 12.9. The summed E-state index contributed by atoms with van der Waals surface area (Å²) in [4.78, 5) is 26.6. The molecule has 1 aliphatic heterocycles. The number of carbonyl (C=O) groups is 2. The number of nitrogens with one attached hydrogen (secondary N) is 1. The van der Waals surface area contributed by atoms with Crippen LogP contribution in [0, 0.1) is 6.92 Å². The Hall–Kier alpha value is -1.55. The number of anilines is 1. The summed E-state index contributed by atoms with van der Waals surface area (Å²) < 4.78 is 0. The normalized spacial score (nSPS) is 21.5. The van der Waals surface area contributed by atoms with Crippen molar-refractivity contribution in [1.82, 2.24) is 5.32 Å². The Bertz CT molecular complexity index is 594. The molecule has 4 nitrogen and oxygen atoms in total. The van der Waals surface area contributed by atoms with Crippen molar-refractivity contribution in [3.63, 3.8) is 0 Å². The number of amides is 2. The van der Waals surface area contributed by atoms with Gasteiger partial charge in [0.05, 0.1) is 0 Å². The number of hydrogen-bond donors (Lipinski definition) is 1. The second-order valence-corrected chi connectivity index (χ2v) is 6.42. The van der Waals surface area contributed by atoms with Gasteiger partial charge in [0, 0.05) is 10.7 Å². The minimum absolute atomic E-state index is 0.00159. The van der Waals surface area contributed by atoms with Crippen LogP contribution in [0.5, 0.6) is 0 Å². The molecule has 21 heavy (non-hydrogen) atoms. The lowest BCUT2D eigenvalue weighted by Crippen LogP contribution is -2.67. The first kappa shape index (κ1) is 14.4. The molecule has 0 radical (unpaired) electrons. The fraction of sp³-hybridized carbons (Fsp3) is 0.500. The second kappa shape index (κ2) is 5.34. The van der Waals surface area contributed by atoms with Crippen LogP contribution in [-0.4, -0.2) is 23.9 Å². The van der Waals surface area contributed by atoms with E-state index in [1.165, 1.54) is 0 Å². The first-order chi connectivity index (χ1) is 10.0. The molecule has 1 saturated carbocycles. The Morgan fingerprint density at radius 3 is 2.57 bits per heavy atom. The quantitative estimate of drug-likeness (QED) is 0.867. The Labute approximate surface area is 129 Å². The van der Waals surface area contributed by atoms with E-state index in [4.69, 9.17) is 11.6 Å². The second-order valence-electron chi connectivity index (χ2n) is 6.02. The Morgan fingerprint density at radius 1 is 1.19 bits per heavy atom. The van der Waals surface area contributed by atoms with Crippen LogP contribution in [0.4, 0.5) is 5.69 Å². The predicted octanol–water partition coefficient (Wildman–Crippen LogP) is 2.81. The maximum atomic E-state index is 12.9. The van der Waals surface area contributed by atoms with Crippen LogP contribution < -0.4 is 10.2 Å². The minimum Gasteiger partial charge on any atom is -0.340 e. The van der Waals surface area contributed by atoms with Crippen molar-refractivity contribution in [3.8, 4) is 0 Å². The molecule has 2 amide bonds. The van der Waals surface area contributed by atoms with Crippen LogP contribution in [-0.2, 0) is 9.59 Å². The highest BCUT2D eigenvalue weighted by Crippen LogP contribution is 2.34. The molecule has 0 unspecified atom stereocenters. The average Bonchev–Trinajstić information content (AvgIpc) is 2.47. The van der Waals surface area contributed by atoms with Crippen LogP contribution in [0.25, 0.3) is 0 Å². The van der Waals surface area contributed by atoms with Gasteiger partial charge < -0.3 is 10.2 Å². The molecule has 0 aromatic heterocycles. The van der Waals surface area contributed by atoms with E-state index in [0.717, 1.165) is 37.7 Å². The van der Waals surface area contributed by atoms with Crippen molar-refractivity contribution in [2.24, 2.45) is 0 Å². The summed E-state index contributed by atoms with van der Waals surface area (Å²) in [7, 11) is 0. The molecule has 5 heteroatoms. The molecule has 1 spiro atoms. The number of halogens is 1. The molecule has 0 bridgehead atoms. The third-order valence-electron chi connectivity index (χ3n) is 4.51. The van der Waals surface area contributed by atoms with Crippen LogP contribution >= 0.6 is 11.6 Å². The van der Waals surface area contributed by atoms with E-state index in [0.29, 0.717) is 10.7 Å². The lowest BCUT2D eigenvalue weighted by atomic mass is 9.79. The topological polar surface area (TPSA) is 49.4 Å². The van der Waals surface area contributed by atoms with Crippen molar-refractivity contribution in [1.29, 1.82) is 0 Å². The molecule has 3 rings (SSSR count). The third-order valence-corrected chi connectivity index (χ3v) is 4.92. The highest BCUT2D eigenvalue weighted by molar-refractivity contribution is 6.31. The van der Waals surface area contributed by atoms with Crippen LogP contribution in [0.3, 0.4) is 0 Å². The summed E-state index contributed by atoms with van der Waals surface area (Å²) in [5, 5.41) is 3.56. The van der Waals surface area contributed by atoms with Gasteiger partial charge in [-0.25, -0.2) is 0 Å². The molecule has 1 saturated heterocycles. The van der Waals surface area contributed by atoms with Gasteiger partial charge in [-0.2, -0.15) is 0 Å². The summed E-state index contributed by atoms with van der Waals surface area (Å²) in [6, 6.07) is 5.50. The highest BCUT2D eigenvalue weighted by atomic mass is 35.5. The van der Waals surface area contributed by atoms with Crippen molar-refractivity contribution in [2.45, 2.75) is 44.6 Å². The molecule has 0 atom stereocenters. The van der Waals surface area contributed by atoms with Gasteiger partial charge >= 0.3 is 0 Å². The van der Waals surface area contributed by atoms with Gasteiger partial charge in [-0.15, -0.1) is 0 Å². The SMILES string of the molecule is Cc1ccc(N2CC(=O)NC3(CCCCC3)C2=O)cc1Cl. The first-order valence-electron chi connectivity index (χ1n) is 7.41. The number of hydrogen-bond acceptors (Lipinski definition) is 2. The maximum Gasteiger partial charge on any atom is 0.253 e. The van der Waals surface area contributed by atoms with E-state index >= 15 is 0 Å². The number of piperazine rings is 1. The van der Waals surface area contributed by atoms with Crippen LogP contribution in [0.2, 0.25) is 5.02 Å². The molecular formula is C16H19ClN2O2. The minimum atomic E-state index is -0.703. The standard InChI is InChI=1S/C16H19ClN2O2/c1-11-5-6-12(9-13(11)17)19-10-14(20)18-16(15(19)21)7-3-2-4-8-16/h5-6,9H,2-4,7-8,10H2,1H3,(H,18,20). The molecule has 1 aliphatic carbocycles. The largest absolute Gasteiger partial charge is 0.340 e. The van der Waals surface area contributed by atoms with Crippen LogP contribution in [0.15, 0.2) is 18.2 Å². The smallest absolute Gasteiger partial charge is 0.253 e. The van der Waals surface area contributed by atoms with E-state index < -0.39 is 5.54 Å². The van der Waals surface area contributed by atoms with Gasteiger partial charge in [0.25, 0.3) is 5.91 Å². The van der Waals surface area contributed by atoms with Crippen LogP contribution in [0.1, 0.15) is 37.7 Å². The number of rotatable bonds is 1. The zero-order valence-electron chi connectivity index (χ0n) is 12.1. The summed E-state index contributed by atoms with van der Waals surface area (Å²) >= 11 is 6.16. The van der Waals surface area contributed by atoms with Gasteiger partial charge in [0.1, 0.15) is 12.1 Å². The number of benzene rings is 1. The first-order valence-corrected chi connectivity index (χ1v) is 7.79. The number of nitrogens with zero attached hydrogens (tertiary/aromatic N) is 1.